The molecular formula is C13H17ClN2O. The van der Waals surface area contributed by atoms with E-state index in [-0.39, 0.29) is 11.9 Å². The van der Waals surface area contributed by atoms with Crippen LogP contribution in [0.5, 0.6) is 0 Å². The fourth-order valence-corrected chi connectivity index (χ4v) is 2.40. The van der Waals surface area contributed by atoms with Crippen LogP contribution < -0.4 is 10.6 Å². The molecule has 17 heavy (non-hydrogen) atoms. The van der Waals surface area contributed by atoms with Gasteiger partial charge >= 0.3 is 0 Å². The first-order chi connectivity index (χ1) is 8.15. The van der Waals surface area contributed by atoms with Gasteiger partial charge in [0.2, 0.25) is 0 Å². The maximum atomic E-state index is 12.0. The van der Waals surface area contributed by atoms with E-state index in [1.165, 1.54) is 0 Å². The average Bonchev–Trinajstić information content (AvgIpc) is 2.29. The van der Waals surface area contributed by atoms with Gasteiger partial charge in [0.15, 0.2) is 0 Å². The SMILES string of the molecule is Cc1cc(Cl)cc(C(=O)N[C@H]2CCCNC2)c1. The predicted molar refractivity (Wildman–Crippen MR) is 69.5 cm³/mol. The van der Waals surface area contributed by atoms with Crippen molar-refractivity contribution in [3.05, 3.63) is 34.3 Å². The zero-order chi connectivity index (χ0) is 12.3. The van der Waals surface area contributed by atoms with Gasteiger partial charge in [0.25, 0.3) is 5.91 Å². The molecular weight excluding hydrogens is 236 g/mol. The van der Waals surface area contributed by atoms with Gasteiger partial charge in [0.05, 0.1) is 0 Å². The Kier molecular flexibility index (Phi) is 4.02. The highest BCUT2D eigenvalue weighted by atomic mass is 35.5. The summed E-state index contributed by atoms with van der Waals surface area (Å²) in [4.78, 5) is 12.0. The summed E-state index contributed by atoms with van der Waals surface area (Å²) < 4.78 is 0. The van der Waals surface area contributed by atoms with Gasteiger partial charge in [-0.3, -0.25) is 4.79 Å². The number of hydrogen-bond acceptors (Lipinski definition) is 2. The van der Waals surface area contributed by atoms with Crippen LogP contribution in [0, 0.1) is 6.92 Å². The third-order valence-electron chi connectivity index (χ3n) is 2.94. The Morgan fingerprint density at radius 2 is 2.29 bits per heavy atom. The number of amides is 1. The van der Waals surface area contributed by atoms with Crippen LogP contribution in [0.1, 0.15) is 28.8 Å². The lowest BCUT2D eigenvalue weighted by atomic mass is 10.1. The Morgan fingerprint density at radius 3 is 2.94 bits per heavy atom. The van der Waals surface area contributed by atoms with Crippen LogP contribution in [-0.4, -0.2) is 25.0 Å². The van der Waals surface area contributed by atoms with Crippen molar-refractivity contribution in [1.29, 1.82) is 0 Å². The van der Waals surface area contributed by atoms with Crippen molar-refractivity contribution in [3.63, 3.8) is 0 Å². The smallest absolute Gasteiger partial charge is 0.251 e. The molecule has 92 valence electrons. The van der Waals surface area contributed by atoms with E-state index in [0.29, 0.717) is 10.6 Å². The highest BCUT2D eigenvalue weighted by molar-refractivity contribution is 6.31. The quantitative estimate of drug-likeness (QED) is 0.847. The summed E-state index contributed by atoms with van der Waals surface area (Å²) in [6.07, 6.45) is 2.15. The monoisotopic (exact) mass is 252 g/mol. The predicted octanol–water partition coefficient (Wildman–Crippen LogP) is 2.13. The fourth-order valence-electron chi connectivity index (χ4n) is 2.11. The van der Waals surface area contributed by atoms with E-state index in [1.807, 2.05) is 19.1 Å². The van der Waals surface area contributed by atoms with Crippen LogP contribution in [0.15, 0.2) is 18.2 Å². The van der Waals surface area contributed by atoms with Gasteiger partial charge in [-0.25, -0.2) is 0 Å². The summed E-state index contributed by atoms with van der Waals surface area (Å²) in [6, 6.07) is 5.65. The standard InChI is InChI=1S/C13H17ClN2O/c1-9-5-10(7-11(14)6-9)13(17)16-12-3-2-4-15-8-12/h5-7,12,15H,2-4,8H2,1H3,(H,16,17)/t12-/m0/s1. The molecule has 1 saturated heterocycles. The number of piperidine rings is 1. The summed E-state index contributed by atoms with van der Waals surface area (Å²) >= 11 is 5.94. The Morgan fingerprint density at radius 1 is 1.47 bits per heavy atom. The highest BCUT2D eigenvalue weighted by Gasteiger charge is 2.16. The lowest BCUT2D eigenvalue weighted by Gasteiger charge is -2.23. The van der Waals surface area contributed by atoms with Gasteiger partial charge < -0.3 is 10.6 Å². The van der Waals surface area contributed by atoms with Crippen molar-refractivity contribution in [1.82, 2.24) is 10.6 Å². The molecule has 2 rings (SSSR count). The second-order valence-electron chi connectivity index (χ2n) is 4.53. The van der Waals surface area contributed by atoms with Gasteiger partial charge in [0.1, 0.15) is 0 Å². The third-order valence-corrected chi connectivity index (χ3v) is 3.15. The molecule has 0 radical (unpaired) electrons. The second-order valence-corrected chi connectivity index (χ2v) is 4.97. The van der Waals surface area contributed by atoms with Crippen LogP contribution in [0.2, 0.25) is 5.02 Å². The third kappa shape index (κ3) is 3.45. The second kappa shape index (κ2) is 5.52. The number of rotatable bonds is 2. The molecule has 0 aliphatic carbocycles. The molecule has 0 aromatic heterocycles. The molecule has 3 nitrogen and oxygen atoms in total. The largest absolute Gasteiger partial charge is 0.348 e. The maximum absolute atomic E-state index is 12.0. The lowest BCUT2D eigenvalue weighted by molar-refractivity contribution is 0.0930. The van der Waals surface area contributed by atoms with Crippen LogP contribution in [-0.2, 0) is 0 Å². The summed E-state index contributed by atoms with van der Waals surface area (Å²) in [5.74, 6) is -0.0377. The van der Waals surface area contributed by atoms with Crippen LogP contribution in [0.3, 0.4) is 0 Å². The van der Waals surface area contributed by atoms with Crippen molar-refractivity contribution in [3.8, 4) is 0 Å². The summed E-state index contributed by atoms with van der Waals surface area (Å²) in [7, 11) is 0. The molecule has 0 spiro atoms. The van der Waals surface area contributed by atoms with Crippen LogP contribution in [0.4, 0.5) is 0 Å². The van der Waals surface area contributed by atoms with E-state index in [1.54, 1.807) is 6.07 Å². The van der Waals surface area contributed by atoms with Crippen molar-refractivity contribution in [2.24, 2.45) is 0 Å². The minimum atomic E-state index is -0.0377. The molecule has 1 aliphatic rings. The highest BCUT2D eigenvalue weighted by Crippen LogP contribution is 2.15. The molecule has 1 heterocycles. The van der Waals surface area contributed by atoms with E-state index >= 15 is 0 Å². The van der Waals surface area contributed by atoms with E-state index in [9.17, 15) is 4.79 Å². The van der Waals surface area contributed by atoms with Crippen molar-refractivity contribution in [2.45, 2.75) is 25.8 Å². The van der Waals surface area contributed by atoms with Crippen molar-refractivity contribution >= 4 is 17.5 Å². The van der Waals surface area contributed by atoms with Gasteiger partial charge in [-0.15, -0.1) is 0 Å². The molecule has 0 unspecified atom stereocenters. The maximum Gasteiger partial charge on any atom is 0.251 e. The van der Waals surface area contributed by atoms with Crippen LogP contribution >= 0.6 is 11.6 Å². The topological polar surface area (TPSA) is 41.1 Å². The Hall–Kier alpha value is -1.06. The summed E-state index contributed by atoms with van der Waals surface area (Å²) in [5.41, 5.74) is 1.64. The van der Waals surface area contributed by atoms with E-state index in [2.05, 4.69) is 10.6 Å². The average molecular weight is 253 g/mol. The first kappa shape index (κ1) is 12.4. The molecule has 1 fully saturated rings. The Bertz CT molecular complexity index is 394. The number of aryl methyl sites for hydroxylation is 1. The van der Waals surface area contributed by atoms with Crippen LogP contribution in [0.25, 0.3) is 0 Å². The molecule has 1 aromatic carbocycles. The number of nitrogens with one attached hydrogen (secondary N) is 2. The molecule has 1 aliphatic heterocycles. The normalized spacial score (nSPS) is 20.0. The molecule has 4 heteroatoms. The Balaban J connectivity index is 2.03. The van der Waals surface area contributed by atoms with Gasteiger partial charge in [-0.05, 0) is 50.1 Å². The van der Waals surface area contributed by atoms with E-state index < -0.39 is 0 Å². The minimum absolute atomic E-state index is 0.0377. The number of halogens is 1. The van der Waals surface area contributed by atoms with Crippen molar-refractivity contribution < 1.29 is 4.79 Å². The molecule has 0 saturated carbocycles. The number of hydrogen-bond donors (Lipinski definition) is 2. The molecule has 1 aromatic rings. The zero-order valence-electron chi connectivity index (χ0n) is 9.92. The minimum Gasteiger partial charge on any atom is -0.348 e. The molecule has 1 atom stereocenters. The molecule has 2 N–H and O–H groups in total. The van der Waals surface area contributed by atoms with Gasteiger partial charge in [0, 0.05) is 23.2 Å². The number of carbonyl (C=O) groups is 1. The molecule has 0 bridgehead atoms. The number of benzene rings is 1. The lowest BCUT2D eigenvalue weighted by Crippen LogP contribution is -2.45. The molecule has 1 amide bonds. The first-order valence-corrected chi connectivity index (χ1v) is 6.32. The zero-order valence-corrected chi connectivity index (χ0v) is 10.7. The van der Waals surface area contributed by atoms with Gasteiger partial charge in [-0.2, -0.15) is 0 Å². The Labute approximate surface area is 107 Å². The summed E-state index contributed by atoms with van der Waals surface area (Å²) in [5, 5.41) is 6.91. The van der Waals surface area contributed by atoms with Gasteiger partial charge in [-0.1, -0.05) is 11.6 Å². The number of carbonyl (C=O) groups excluding carboxylic acids is 1. The van der Waals surface area contributed by atoms with E-state index in [4.69, 9.17) is 11.6 Å². The van der Waals surface area contributed by atoms with E-state index in [0.717, 1.165) is 31.5 Å². The summed E-state index contributed by atoms with van der Waals surface area (Å²) in [6.45, 7) is 3.83. The fraction of sp³-hybridized carbons (Fsp3) is 0.462. The first-order valence-electron chi connectivity index (χ1n) is 5.94. The van der Waals surface area contributed by atoms with Crippen molar-refractivity contribution in [2.75, 3.05) is 13.1 Å².